The predicted molar refractivity (Wildman–Crippen MR) is 93.1 cm³/mol. The summed E-state index contributed by atoms with van der Waals surface area (Å²) in [5, 5.41) is 1.90. The molecule has 0 aliphatic rings. The average Bonchev–Trinajstić information content (AvgIpc) is 3.13. The summed E-state index contributed by atoms with van der Waals surface area (Å²) in [5.41, 5.74) is 0.731. The maximum atomic E-state index is 12.0. The van der Waals surface area contributed by atoms with E-state index >= 15 is 0 Å². The quantitative estimate of drug-likeness (QED) is 0.751. The van der Waals surface area contributed by atoms with Crippen LogP contribution in [0.25, 0.3) is 10.2 Å². The third-order valence-corrected chi connectivity index (χ3v) is 4.88. The zero-order valence-electron chi connectivity index (χ0n) is 13.6. The molecular formula is C17H21N3O2S. The van der Waals surface area contributed by atoms with Gasteiger partial charge >= 0.3 is 0 Å². The van der Waals surface area contributed by atoms with Crippen molar-refractivity contribution in [2.45, 2.75) is 32.7 Å². The number of aryl methyl sites for hydroxylation is 1. The Kier molecular flexibility index (Phi) is 4.63. The Balaban J connectivity index is 1.60. The zero-order valence-corrected chi connectivity index (χ0v) is 14.4. The minimum atomic E-state index is -0.0483. The number of thiophene rings is 1. The highest BCUT2D eigenvalue weighted by Gasteiger charge is 2.12. The van der Waals surface area contributed by atoms with Crippen molar-refractivity contribution >= 4 is 21.6 Å². The standard InChI is InChI=1S/C17H21N3O2S/c1-11(14-5-4-12(2)22-14)6-8-20(3)10-15-18-13-7-9-23-16(13)17(21)19-15/h4-5,7,9,11H,6,8,10H2,1-3H3,(H,18,19,21). The highest BCUT2D eigenvalue weighted by Crippen LogP contribution is 2.21. The van der Waals surface area contributed by atoms with E-state index in [2.05, 4.69) is 21.8 Å². The Morgan fingerprint density at radius 1 is 1.39 bits per heavy atom. The second kappa shape index (κ2) is 6.68. The SMILES string of the molecule is Cc1ccc(C(C)CCN(C)Cc2nc3ccsc3c(=O)[nH]2)o1. The van der Waals surface area contributed by atoms with Gasteiger partial charge in [0, 0.05) is 5.92 Å². The summed E-state index contributed by atoms with van der Waals surface area (Å²) in [4.78, 5) is 21.5. The zero-order chi connectivity index (χ0) is 16.4. The minimum absolute atomic E-state index is 0.0483. The normalized spacial score (nSPS) is 13.0. The molecule has 3 aromatic rings. The Morgan fingerprint density at radius 2 is 2.22 bits per heavy atom. The van der Waals surface area contributed by atoms with Gasteiger partial charge in [0.15, 0.2) is 0 Å². The highest BCUT2D eigenvalue weighted by atomic mass is 32.1. The number of rotatable bonds is 6. The lowest BCUT2D eigenvalue weighted by Crippen LogP contribution is -2.23. The van der Waals surface area contributed by atoms with Crippen molar-refractivity contribution in [3.05, 3.63) is 51.3 Å². The summed E-state index contributed by atoms with van der Waals surface area (Å²) in [6, 6.07) is 5.93. The Bertz CT molecular complexity index is 849. The summed E-state index contributed by atoms with van der Waals surface area (Å²) in [6.07, 6.45) is 0.994. The number of fused-ring (bicyclic) bond motifs is 1. The molecule has 3 rings (SSSR count). The van der Waals surface area contributed by atoms with Crippen LogP contribution in [0.5, 0.6) is 0 Å². The van der Waals surface area contributed by atoms with E-state index in [1.807, 2.05) is 37.6 Å². The van der Waals surface area contributed by atoms with Crippen LogP contribution in [0.3, 0.4) is 0 Å². The van der Waals surface area contributed by atoms with E-state index in [1.165, 1.54) is 11.3 Å². The summed E-state index contributed by atoms with van der Waals surface area (Å²) >= 11 is 1.43. The lowest BCUT2D eigenvalue weighted by atomic mass is 10.1. The molecule has 3 aromatic heterocycles. The van der Waals surface area contributed by atoms with Crippen molar-refractivity contribution in [1.82, 2.24) is 14.9 Å². The van der Waals surface area contributed by atoms with Crippen molar-refractivity contribution in [2.24, 2.45) is 0 Å². The molecule has 0 saturated carbocycles. The van der Waals surface area contributed by atoms with Crippen LogP contribution in [0, 0.1) is 6.92 Å². The van der Waals surface area contributed by atoms with E-state index in [9.17, 15) is 4.79 Å². The lowest BCUT2D eigenvalue weighted by molar-refractivity contribution is 0.298. The predicted octanol–water partition coefficient (Wildman–Crippen LogP) is 3.51. The lowest BCUT2D eigenvalue weighted by Gasteiger charge is -2.18. The number of aromatic amines is 1. The number of aromatic nitrogens is 2. The van der Waals surface area contributed by atoms with Crippen LogP contribution in [-0.4, -0.2) is 28.5 Å². The topological polar surface area (TPSA) is 62.1 Å². The number of nitrogens with zero attached hydrogens (tertiary/aromatic N) is 2. The van der Waals surface area contributed by atoms with Gasteiger partial charge in [0.05, 0.1) is 12.1 Å². The number of hydrogen-bond acceptors (Lipinski definition) is 5. The summed E-state index contributed by atoms with van der Waals surface area (Å²) in [7, 11) is 2.04. The van der Waals surface area contributed by atoms with Crippen LogP contribution in [-0.2, 0) is 6.54 Å². The van der Waals surface area contributed by atoms with Gasteiger partial charge in [-0.2, -0.15) is 0 Å². The molecule has 1 unspecified atom stereocenters. The van der Waals surface area contributed by atoms with E-state index in [0.717, 1.165) is 30.0 Å². The Labute approximate surface area is 139 Å². The molecule has 23 heavy (non-hydrogen) atoms. The van der Waals surface area contributed by atoms with Gasteiger partial charge in [0.25, 0.3) is 5.56 Å². The first kappa shape index (κ1) is 16.0. The fraction of sp³-hybridized carbons (Fsp3) is 0.412. The first-order valence-corrected chi connectivity index (χ1v) is 8.62. The molecular weight excluding hydrogens is 310 g/mol. The van der Waals surface area contributed by atoms with E-state index in [1.54, 1.807) is 0 Å². The minimum Gasteiger partial charge on any atom is -0.466 e. The molecule has 0 aliphatic carbocycles. The molecule has 0 amide bonds. The number of furan rings is 1. The average molecular weight is 331 g/mol. The smallest absolute Gasteiger partial charge is 0.268 e. The maximum absolute atomic E-state index is 12.0. The van der Waals surface area contributed by atoms with E-state index < -0.39 is 0 Å². The first-order valence-electron chi connectivity index (χ1n) is 7.74. The fourth-order valence-corrected chi connectivity index (χ4v) is 3.33. The van der Waals surface area contributed by atoms with Crippen molar-refractivity contribution in [3.63, 3.8) is 0 Å². The summed E-state index contributed by atoms with van der Waals surface area (Å²) in [6.45, 7) is 5.67. The van der Waals surface area contributed by atoms with Gasteiger partial charge in [-0.15, -0.1) is 11.3 Å². The van der Waals surface area contributed by atoms with Crippen molar-refractivity contribution in [2.75, 3.05) is 13.6 Å². The monoisotopic (exact) mass is 331 g/mol. The maximum Gasteiger partial charge on any atom is 0.268 e. The molecule has 0 aliphatic heterocycles. The van der Waals surface area contributed by atoms with Gasteiger partial charge < -0.3 is 9.40 Å². The molecule has 0 aromatic carbocycles. The van der Waals surface area contributed by atoms with Crippen LogP contribution in [0.15, 0.2) is 32.8 Å². The van der Waals surface area contributed by atoms with Gasteiger partial charge in [0.1, 0.15) is 22.0 Å². The van der Waals surface area contributed by atoms with Gasteiger partial charge in [-0.05, 0) is 50.5 Å². The molecule has 0 saturated heterocycles. The van der Waals surface area contributed by atoms with Crippen molar-refractivity contribution in [3.8, 4) is 0 Å². The van der Waals surface area contributed by atoms with Crippen LogP contribution >= 0.6 is 11.3 Å². The van der Waals surface area contributed by atoms with Crippen LogP contribution in [0.4, 0.5) is 0 Å². The molecule has 0 bridgehead atoms. The largest absolute Gasteiger partial charge is 0.466 e. The molecule has 6 heteroatoms. The molecule has 3 heterocycles. The third kappa shape index (κ3) is 3.71. The van der Waals surface area contributed by atoms with E-state index in [0.29, 0.717) is 23.0 Å². The fourth-order valence-electron chi connectivity index (χ4n) is 2.61. The Hall–Kier alpha value is -1.92. The van der Waals surface area contributed by atoms with Gasteiger partial charge in [-0.3, -0.25) is 9.69 Å². The first-order chi connectivity index (χ1) is 11.0. The third-order valence-electron chi connectivity index (χ3n) is 3.97. The van der Waals surface area contributed by atoms with Gasteiger partial charge in [0.2, 0.25) is 0 Å². The van der Waals surface area contributed by atoms with E-state index in [4.69, 9.17) is 4.42 Å². The van der Waals surface area contributed by atoms with Gasteiger partial charge in [-0.25, -0.2) is 4.98 Å². The second-order valence-corrected chi connectivity index (χ2v) is 6.94. The number of H-pyrrole nitrogens is 1. The molecule has 0 fully saturated rings. The van der Waals surface area contributed by atoms with E-state index in [-0.39, 0.29) is 5.56 Å². The van der Waals surface area contributed by atoms with Crippen molar-refractivity contribution < 1.29 is 4.42 Å². The molecule has 1 N–H and O–H groups in total. The number of nitrogens with one attached hydrogen (secondary N) is 1. The van der Waals surface area contributed by atoms with Crippen molar-refractivity contribution in [1.29, 1.82) is 0 Å². The van der Waals surface area contributed by atoms with Gasteiger partial charge in [-0.1, -0.05) is 6.92 Å². The van der Waals surface area contributed by atoms with Crippen LogP contribution < -0.4 is 5.56 Å². The number of hydrogen-bond donors (Lipinski definition) is 1. The molecule has 0 spiro atoms. The molecule has 0 radical (unpaired) electrons. The molecule has 5 nitrogen and oxygen atoms in total. The van der Waals surface area contributed by atoms with Crippen LogP contribution in [0.1, 0.15) is 36.6 Å². The summed E-state index contributed by atoms with van der Waals surface area (Å²) < 4.78 is 6.37. The second-order valence-electron chi connectivity index (χ2n) is 6.02. The summed E-state index contributed by atoms with van der Waals surface area (Å²) in [5.74, 6) is 3.07. The van der Waals surface area contributed by atoms with Crippen LogP contribution in [0.2, 0.25) is 0 Å². The highest BCUT2D eigenvalue weighted by molar-refractivity contribution is 7.17. The molecule has 122 valence electrons. The Morgan fingerprint density at radius 3 is 2.96 bits per heavy atom. The molecule has 1 atom stereocenters.